The van der Waals surface area contributed by atoms with Gasteiger partial charge >= 0.3 is 0 Å². The summed E-state index contributed by atoms with van der Waals surface area (Å²) in [6, 6.07) is 6.89. The summed E-state index contributed by atoms with van der Waals surface area (Å²) < 4.78 is 5.04. The van der Waals surface area contributed by atoms with Gasteiger partial charge in [-0.15, -0.1) is 0 Å². The standard InChI is InChI=1S/C14H16N2O4/c1-20-12-4-2-11(3-5-12)14(18)16-8-6-10(7-9-16)13(17)15-19/h2-6,19H,7-9H2,1H3,(H,15,17). The molecule has 20 heavy (non-hydrogen) atoms. The van der Waals surface area contributed by atoms with Crippen molar-refractivity contribution in [2.45, 2.75) is 6.42 Å². The van der Waals surface area contributed by atoms with E-state index in [1.54, 1.807) is 47.8 Å². The molecule has 0 aromatic heterocycles. The molecular formula is C14H16N2O4. The number of hydrogen-bond acceptors (Lipinski definition) is 4. The minimum Gasteiger partial charge on any atom is -0.497 e. The molecule has 1 aromatic rings. The molecule has 106 valence electrons. The molecule has 0 saturated carbocycles. The van der Waals surface area contributed by atoms with Crippen molar-refractivity contribution in [2.24, 2.45) is 0 Å². The highest BCUT2D eigenvalue weighted by Gasteiger charge is 2.21. The number of nitrogens with zero attached hydrogens (tertiary/aromatic N) is 1. The highest BCUT2D eigenvalue weighted by atomic mass is 16.5. The fraction of sp³-hybridized carbons (Fsp3) is 0.286. The van der Waals surface area contributed by atoms with Gasteiger partial charge in [-0.25, -0.2) is 5.48 Å². The first-order chi connectivity index (χ1) is 9.65. The van der Waals surface area contributed by atoms with Crippen LogP contribution in [0.3, 0.4) is 0 Å². The van der Waals surface area contributed by atoms with Gasteiger partial charge in [0.25, 0.3) is 11.8 Å². The lowest BCUT2D eigenvalue weighted by Crippen LogP contribution is -2.37. The van der Waals surface area contributed by atoms with Gasteiger partial charge in [0.05, 0.1) is 7.11 Å². The monoisotopic (exact) mass is 276 g/mol. The molecule has 0 aliphatic carbocycles. The summed E-state index contributed by atoms with van der Waals surface area (Å²) >= 11 is 0. The lowest BCUT2D eigenvalue weighted by Gasteiger charge is -2.25. The maximum Gasteiger partial charge on any atom is 0.270 e. The van der Waals surface area contributed by atoms with Crippen LogP contribution in [0, 0.1) is 0 Å². The first-order valence-electron chi connectivity index (χ1n) is 6.22. The molecule has 0 fully saturated rings. The summed E-state index contributed by atoms with van der Waals surface area (Å²) in [5.74, 6) is 0.0934. The van der Waals surface area contributed by atoms with Crippen LogP contribution in [0.4, 0.5) is 0 Å². The zero-order valence-corrected chi connectivity index (χ0v) is 11.1. The van der Waals surface area contributed by atoms with Gasteiger partial charge in [0, 0.05) is 24.2 Å². The fourth-order valence-corrected chi connectivity index (χ4v) is 2.05. The first-order valence-corrected chi connectivity index (χ1v) is 6.22. The number of ether oxygens (including phenoxy) is 1. The number of carbonyl (C=O) groups excluding carboxylic acids is 2. The van der Waals surface area contributed by atoms with Crippen LogP contribution in [0.5, 0.6) is 5.75 Å². The van der Waals surface area contributed by atoms with E-state index in [0.717, 1.165) is 0 Å². The Morgan fingerprint density at radius 3 is 2.50 bits per heavy atom. The molecule has 6 heteroatoms. The van der Waals surface area contributed by atoms with Gasteiger partial charge in [-0.1, -0.05) is 6.08 Å². The third kappa shape index (κ3) is 2.97. The highest BCUT2D eigenvalue weighted by Crippen LogP contribution is 2.16. The number of nitrogens with one attached hydrogen (secondary N) is 1. The Hall–Kier alpha value is -2.34. The maximum absolute atomic E-state index is 12.3. The second kappa shape index (κ2) is 6.21. The number of methoxy groups -OCH3 is 1. The third-order valence-electron chi connectivity index (χ3n) is 3.23. The van der Waals surface area contributed by atoms with Crippen molar-refractivity contribution in [3.05, 3.63) is 41.5 Å². The number of rotatable bonds is 3. The molecule has 2 rings (SSSR count). The predicted octanol–water partition coefficient (Wildman–Crippen LogP) is 0.973. The number of carbonyl (C=O) groups is 2. The van der Waals surface area contributed by atoms with Crippen LogP contribution in [0.15, 0.2) is 35.9 Å². The molecule has 1 aromatic carbocycles. The van der Waals surface area contributed by atoms with E-state index in [1.165, 1.54) is 0 Å². The Bertz CT molecular complexity index is 537. The highest BCUT2D eigenvalue weighted by molar-refractivity contribution is 5.96. The van der Waals surface area contributed by atoms with Crippen LogP contribution in [0.1, 0.15) is 16.8 Å². The van der Waals surface area contributed by atoms with Crippen LogP contribution in [-0.2, 0) is 4.79 Å². The molecule has 0 atom stereocenters. The quantitative estimate of drug-likeness (QED) is 0.637. The summed E-state index contributed by atoms with van der Waals surface area (Å²) in [7, 11) is 1.57. The molecule has 0 bridgehead atoms. The van der Waals surface area contributed by atoms with Gasteiger partial charge in [-0.3, -0.25) is 14.8 Å². The fourth-order valence-electron chi connectivity index (χ4n) is 2.05. The number of benzene rings is 1. The molecule has 0 spiro atoms. The molecule has 2 N–H and O–H groups in total. The Morgan fingerprint density at radius 2 is 2.00 bits per heavy atom. The van der Waals surface area contributed by atoms with E-state index < -0.39 is 5.91 Å². The molecule has 6 nitrogen and oxygen atoms in total. The molecule has 1 aliphatic rings. The summed E-state index contributed by atoms with van der Waals surface area (Å²) in [5, 5.41) is 8.56. The van der Waals surface area contributed by atoms with Crippen molar-refractivity contribution < 1.29 is 19.5 Å². The van der Waals surface area contributed by atoms with E-state index in [-0.39, 0.29) is 5.91 Å². The molecule has 0 unspecified atom stereocenters. The van der Waals surface area contributed by atoms with Crippen LogP contribution in [-0.4, -0.2) is 42.1 Å². The van der Waals surface area contributed by atoms with E-state index in [1.807, 2.05) is 0 Å². The smallest absolute Gasteiger partial charge is 0.270 e. The van der Waals surface area contributed by atoms with Crippen molar-refractivity contribution >= 4 is 11.8 Å². The van der Waals surface area contributed by atoms with Gasteiger partial charge in [-0.05, 0) is 30.7 Å². The molecule has 2 amide bonds. The normalized spacial score (nSPS) is 14.5. The molecule has 0 radical (unpaired) electrons. The van der Waals surface area contributed by atoms with E-state index in [4.69, 9.17) is 9.94 Å². The van der Waals surface area contributed by atoms with Crippen molar-refractivity contribution in [1.29, 1.82) is 0 Å². The molecular weight excluding hydrogens is 260 g/mol. The minimum atomic E-state index is -0.512. The van der Waals surface area contributed by atoms with Crippen LogP contribution >= 0.6 is 0 Å². The summed E-state index contributed by atoms with van der Waals surface area (Å²) in [5.41, 5.74) is 2.67. The summed E-state index contributed by atoms with van der Waals surface area (Å²) in [6.45, 7) is 0.803. The van der Waals surface area contributed by atoms with Crippen molar-refractivity contribution in [3.63, 3.8) is 0 Å². The zero-order valence-electron chi connectivity index (χ0n) is 11.1. The molecule has 1 aliphatic heterocycles. The second-order valence-electron chi connectivity index (χ2n) is 4.40. The first kappa shape index (κ1) is 14.1. The van der Waals surface area contributed by atoms with E-state index >= 15 is 0 Å². The van der Waals surface area contributed by atoms with Gasteiger partial charge in [0.1, 0.15) is 5.75 Å². The third-order valence-corrected chi connectivity index (χ3v) is 3.23. The van der Waals surface area contributed by atoms with Crippen LogP contribution < -0.4 is 10.2 Å². The SMILES string of the molecule is COc1ccc(C(=O)N2CC=C(C(=O)NO)CC2)cc1. The number of amides is 2. The van der Waals surface area contributed by atoms with Gasteiger partial charge in [0.2, 0.25) is 0 Å². The minimum absolute atomic E-state index is 0.0904. The number of hydrogen-bond donors (Lipinski definition) is 2. The predicted molar refractivity (Wildman–Crippen MR) is 71.5 cm³/mol. The van der Waals surface area contributed by atoms with E-state index in [2.05, 4.69) is 0 Å². The lowest BCUT2D eigenvalue weighted by molar-refractivity contribution is -0.125. The Morgan fingerprint density at radius 1 is 1.30 bits per heavy atom. The summed E-state index contributed by atoms with van der Waals surface area (Å²) in [6.07, 6.45) is 2.07. The number of hydroxylamine groups is 1. The van der Waals surface area contributed by atoms with Crippen LogP contribution in [0.25, 0.3) is 0 Å². The Balaban J connectivity index is 2.04. The zero-order chi connectivity index (χ0) is 14.5. The molecule has 0 saturated heterocycles. The average Bonchev–Trinajstić information content (AvgIpc) is 2.53. The van der Waals surface area contributed by atoms with E-state index in [9.17, 15) is 9.59 Å². The van der Waals surface area contributed by atoms with Gasteiger partial charge in [0.15, 0.2) is 0 Å². The summed E-state index contributed by atoms with van der Waals surface area (Å²) in [4.78, 5) is 25.1. The maximum atomic E-state index is 12.3. The van der Waals surface area contributed by atoms with Crippen LogP contribution in [0.2, 0.25) is 0 Å². The lowest BCUT2D eigenvalue weighted by atomic mass is 10.1. The Kier molecular flexibility index (Phi) is 4.37. The van der Waals surface area contributed by atoms with Gasteiger partial charge in [-0.2, -0.15) is 0 Å². The van der Waals surface area contributed by atoms with Crippen molar-refractivity contribution in [3.8, 4) is 5.75 Å². The van der Waals surface area contributed by atoms with Crippen molar-refractivity contribution in [1.82, 2.24) is 10.4 Å². The second-order valence-corrected chi connectivity index (χ2v) is 4.40. The van der Waals surface area contributed by atoms with Gasteiger partial charge < -0.3 is 9.64 Å². The largest absolute Gasteiger partial charge is 0.497 e. The Labute approximate surface area is 116 Å². The van der Waals surface area contributed by atoms with Crippen molar-refractivity contribution in [2.75, 3.05) is 20.2 Å². The topological polar surface area (TPSA) is 78.9 Å². The van der Waals surface area contributed by atoms with E-state index in [0.29, 0.717) is 36.4 Å². The average molecular weight is 276 g/mol. The molecule has 1 heterocycles.